The standard InChI is InChI=1S/C16H16O2/c1-13-12-16(13,17-14-8-4-2-5-9-14)18-15-10-6-3-7-11-15/h2-11,13H,12H2,1H3. The van der Waals surface area contributed by atoms with E-state index in [1.54, 1.807) is 0 Å². The first kappa shape index (κ1) is 11.1. The zero-order valence-corrected chi connectivity index (χ0v) is 10.4. The summed E-state index contributed by atoms with van der Waals surface area (Å²) in [7, 11) is 0. The monoisotopic (exact) mass is 240 g/mol. The van der Waals surface area contributed by atoms with Gasteiger partial charge in [0.15, 0.2) is 0 Å². The molecule has 0 amide bonds. The van der Waals surface area contributed by atoms with Gasteiger partial charge in [0.05, 0.1) is 0 Å². The third kappa shape index (κ3) is 2.19. The van der Waals surface area contributed by atoms with Crippen LogP contribution in [0, 0.1) is 5.92 Å². The van der Waals surface area contributed by atoms with Crippen molar-refractivity contribution in [2.45, 2.75) is 19.1 Å². The number of benzene rings is 2. The van der Waals surface area contributed by atoms with Crippen LogP contribution in [0.4, 0.5) is 0 Å². The van der Waals surface area contributed by atoms with E-state index in [2.05, 4.69) is 6.92 Å². The predicted octanol–water partition coefficient (Wildman–Crippen LogP) is 3.88. The SMILES string of the molecule is CC1CC1(Oc1ccccc1)Oc1ccccc1. The molecule has 1 saturated carbocycles. The van der Waals surface area contributed by atoms with E-state index in [9.17, 15) is 0 Å². The van der Waals surface area contributed by atoms with Gasteiger partial charge >= 0.3 is 0 Å². The van der Waals surface area contributed by atoms with Gasteiger partial charge in [-0.15, -0.1) is 0 Å². The Morgan fingerprint density at radius 2 is 1.22 bits per heavy atom. The highest BCUT2D eigenvalue weighted by Crippen LogP contribution is 2.47. The average molecular weight is 240 g/mol. The highest BCUT2D eigenvalue weighted by Gasteiger charge is 2.57. The van der Waals surface area contributed by atoms with Crippen LogP contribution in [-0.2, 0) is 0 Å². The molecule has 1 unspecified atom stereocenters. The zero-order valence-electron chi connectivity index (χ0n) is 10.4. The molecule has 0 aliphatic heterocycles. The maximum absolute atomic E-state index is 6.01. The van der Waals surface area contributed by atoms with Crippen LogP contribution in [0.15, 0.2) is 60.7 Å². The van der Waals surface area contributed by atoms with Crippen molar-refractivity contribution in [3.8, 4) is 11.5 Å². The summed E-state index contributed by atoms with van der Waals surface area (Å²) in [5.41, 5.74) is 0. The van der Waals surface area contributed by atoms with Gasteiger partial charge in [0.1, 0.15) is 11.5 Å². The highest BCUT2D eigenvalue weighted by molar-refractivity contribution is 5.26. The molecule has 18 heavy (non-hydrogen) atoms. The molecule has 2 aromatic rings. The van der Waals surface area contributed by atoms with Gasteiger partial charge in [-0.25, -0.2) is 0 Å². The van der Waals surface area contributed by atoms with Crippen LogP contribution in [0.5, 0.6) is 11.5 Å². The lowest BCUT2D eigenvalue weighted by atomic mass is 10.3. The van der Waals surface area contributed by atoms with Crippen LogP contribution in [0.3, 0.4) is 0 Å². The van der Waals surface area contributed by atoms with E-state index in [1.165, 1.54) is 0 Å². The summed E-state index contributed by atoms with van der Waals surface area (Å²) < 4.78 is 12.0. The van der Waals surface area contributed by atoms with E-state index in [1.807, 2.05) is 60.7 Å². The summed E-state index contributed by atoms with van der Waals surface area (Å²) in [5, 5.41) is 0. The van der Waals surface area contributed by atoms with Crippen molar-refractivity contribution in [2.24, 2.45) is 5.92 Å². The number of para-hydroxylation sites is 2. The van der Waals surface area contributed by atoms with E-state index >= 15 is 0 Å². The zero-order chi connectivity index (χ0) is 12.4. The molecule has 2 nitrogen and oxygen atoms in total. The molecular formula is C16H16O2. The Morgan fingerprint density at radius 1 is 0.833 bits per heavy atom. The Hall–Kier alpha value is -1.96. The van der Waals surface area contributed by atoms with Gasteiger partial charge in [-0.1, -0.05) is 43.3 Å². The third-order valence-corrected chi connectivity index (χ3v) is 3.25. The van der Waals surface area contributed by atoms with Gasteiger partial charge in [-0.2, -0.15) is 0 Å². The van der Waals surface area contributed by atoms with Crippen LogP contribution in [0.2, 0.25) is 0 Å². The molecule has 0 N–H and O–H groups in total. The van der Waals surface area contributed by atoms with E-state index in [0.717, 1.165) is 17.9 Å². The summed E-state index contributed by atoms with van der Waals surface area (Å²) in [5.74, 6) is 1.65. The smallest absolute Gasteiger partial charge is 0.254 e. The molecule has 2 aromatic carbocycles. The first-order valence-electron chi connectivity index (χ1n) is 6.27. The minimum atomic E-state index is -0.483. The second-order valence-corrected chi connectivity index (χ2v) is 4.75. The summed E-state index contributed by atoms with van der Waals surface area (Å²) >= 11 is 0. The van der Waals surface area contributed by atoms with Crippen molar-refractivity contribution in [3.05, 3.63) is 60.7 Å². The predicted molar refractivity (Wildman–Crippen MR) is 70.7 cm³/mol. The van der Waals surface area contributed by atoms with Crippen molar-refractivity contribution >= 4 is 0 Å². The van der Waals surface area contributed by atoms with E-state index in [-0.39, 0.29) is 0 Å². The van der Waals surface area contributed by atoms with Gasteiger partial charge < -0.3 is 9.47 Å². The fourth-order valence-electron chi connectivity index (χ4n) is 2.05. The minimum Gasteiger partial charge on any atom is -0.452 e. The lowest BCUT2D eigenvalue weighted by molar-refractivity contribution is -0.0339. The summed E-state index contributed by atoms with van der Waals surface area (Å²) in [4.78, 5) is 0. The van der Waals surface area contributed by atoms with Gasteiger partial charge in [0.25, 0.3) is 5.79 Å². The first-order chi connectivity index (χ1) is 8.78. The largest absolute Gasteiger partial charge is 0.452 e. The minimum absolute atomic E-state index is 0.415. The molecule has 92 valence electrons. The average Bonchev–Trinajstić information content (AvgIpc) is 3.01. The van der Waals surface area contributed by atoms with Gasteiger partial charge in [-0.3, -0.25) is 0 Å². The molecule has 0 spiro atoms. The van der Waals surface area contributed by atoms with E-state index in [0.29, 0.717) is 5.92 Å². The second-order valence-electron chi connectivity index (χ2n) is 4.75. The summed E-state index contributed by atoms with van der Waals surface area (Å²) in [6, 6.07) is 19.7. The molecule has 0 radical (unpaired) electrons. The Bertz CT molecular complexity index is 466. The topological polar surface area (TPSA) is 18.5 Å². The van der Waals surface area contributed by atoms with Gasteiger partial charge in [0.2, 0.25) is 0 Å². The lowest BCUT2D eigenvalue weighted by Gasteiger charge is -2.21. The molecule has 0 saturated heterocycles. The number of ether oxygens (including phenoxy) is 2. The number of hydrogen-bond acceptors (Lipinski definition) is 2. The molecule has 0 heterocycles. The van der Waals surface area contributed by atoms with Crippen LogP contribution < -0.4 is 9.47 Å². The maximum atomic E-state index is 6.01. The molecule has 1 aliphatic rings. The van der Waals surface area contributed by atoms with E-state index < -0.39 is 5.79 Å². The summed E-state index contributed by atoms with van der Waals surface area (Å²) in [6.45, 7) is 2.14. The summed E-state index contributed by atoms with van der Waals surface area (Å²) in [6.07, 6.45) is 0.927. The molecular weight excluding hydrogens is 224 g/mol. The Morgan fingerprint density at radius 3 is 1.56 bits per heavy atom. The first-order valence-corrected chi connectivity index (χ1v) is 6.27. The lowest BCUT2D eigenvalue weighted by Crippen LogP contribution is -2.28. The van der Waals surface area contributed by atoms with Crippen molar-refractivity contribution in [1.29, 1.82) is 0 Å². The number of hydrogen-bond donors (Lipinski definition) is 0. The molecule has 0 aromatic heterocycles. The quantitative estimate of drug-likeness (QED) is 0.755. The Kier molecular flexibility index (Phi) is 2.71. The molecule has 0 bridgehead atoms. The maximum Gasteiger partial charge on any atom is 0.254 e. The van der Waals surface area contributed by atoms with Crippen molar-refractivity contribution < 1.29 is 9.47 Å². The molecule has 1 fully saturated rings. The van der Waals surface area contributed by atoms with Crippen molar-refractivity contribution in [2.75, 3.05) is 0 Å². The fourth-order valence-corrected chi connectivity index (χ4v) is 2.05. The van der Waals surface area contributed by atoms with Crippen molar-refractivity contribution in [1.82, 2.24) is 0 Å². The molecule has 3 rings (SSSR count). The van der Waals surface area contributed by atoms with Crippen LogP contribution in [0.1, 0.15) is 13.3 Å². The normalized spacial score (nSPS) is 20.2. The number of rotatable bonds is 4. The Labute approximate surface area is 107 Å². The third-order valence-electron chi connectivity index (χ3n) is 3.25. The molecule has 1 atom stereocenters. The Balaban J connectivity index is 1.76. The van der Waals surface area contributed by atoms with Crippen LogP contribution in [0.25, 0.3) is 0 Å². The van der Waals surface area contributed by atoms with Crippen molar-refractivity contribution in [3.63, 3.8) is 0 Å². The second kappa shape index (κ2) is 4.37. The van der Waals surface area contributed by atoms with E-state index in [4.69, 9.17) is 9.47 Å². The highest BCUT2D eigenvalue weighted by atomic mass is 16.7. The molecule has 1 aliphatic carbocycles. The van der Waals surface area contributed by atoms with Crippen LogP contribution >= 0.6 is 0 Å². The molecule has 2 heteroatoms. The van der Waals surface area contributed by atoms with Gasteiger partial charge in [0, 0.05) is 12.3 Å². The van der Waals surface area contributed by atoms with Gasteiger partial charge in [-0.05, 0) is 24.3 Å². The van der Waals surface area contributed by atoms with Crippen LogP contribution in [-0.4, -0.2) is 5.79 Å². The fraction of sp³-hybridized carbons (Fsp3) is 0.250.